The lowest BCUT2D eigenvalue weighted by atomic mass is 10.2. The van der Waals surface area contributed by atoms with E-state index in [1.54, 1.807) is 0 Å². The van der Waals surface area contributed by atoms with Crippen LogP contribution in [0.2, 0.25) is 0 Å². The summed E-state index contributed by atoms with van der Waals surface area (Å²) in [5.41, 5.74) is 9.17. The first kappa shape index (κ1) is 10.1. The van der Waals surface area contributed by atoms with E-state index in [1.165, 1.54) is 16.6 Å². The predicted octanol–water partition coefficient (Wildman–Crippen LogP) is 1.96. The molecule has 3 heteroatoms. The number of nitrogen functional groups attached to an aromatic ring is 1. The van der Waals surface area contributed by atoms with Crippen LogP contribution < -0.4 is 11.1 Å². The van der Waals surface area contributed by atoms with Crippen molar-refractivity contribution in [1.82, 2.24) is 9.88 Å². The van der Waals surface area contributed by atoms with Crippen molar-refractivity contribution in [2.75, 3.05) is 12.8 Å². The molecule has 0 unspecified atom stereocenters. The minimum Gasteiger partial charge on any atom is -0.399 e. The first-order chi connectivity index (χ1) is 7.26. The van der Waals surface area contributed by atoms with E-state index >= 15 is 0 Å². The van der Waals surface area contributed by atoms with Crippen molar-refractivity contribution in [1.29, 1.82) is 0 Å². The summed E-state index contributed by atoms with van der Waals surface area (Å²) in [6.07, 6.45) is 0. The number of benzene rings is 1. The Morgan fingerprint density at radius 3 is 2.80 bits per heavy atom. The molecular weight excluding hydrogens is 186 g/mol. The Morgan fingerprint density at radius 1 is 1.33 bits per heavy atom. The molecule has 0 amide bonds. The van der Waals surface area contributed by atoms with Crippen molar-refractivity contribution in [3.63, 3.8) is 0 Å². The van der Waals surface area contributed by atoms with Gasteiger partial charge in [-0.2, -0.15) is 0 Å². The van der Waals surface area contributed by atoms with E-state index in [4.69, 9.17) is 5.73 Å². The molecule has 3 N–H and O–H groups in total. The molecule has 2 rings (SSSR count). The molecule has 80 valence electrons. The summed E-state index contributed by atoms with van der Waals surface area (Å²) in [6, 6.07) is 8.28. The first-order valence-electron chi connectivity index (χ1n) is 5.28. The van der Waals surface area contributed by atoms with Gasteiger partial charge in [-0.3, -0.25) is 0 Å². The Balaban J connectivity index is 2.62. The third kappa shape index (κ3) is 1.70. The van der Waals surface area contributed by atoms with Crippen LogP contribution in [0.1, 0.15) is 12.6 Å². The number of nitrogens with one attached hydrogen (secondary N) is 1. The number of hydrogen-bond acceptors (Lipinski definition) is 2. The summed E-state index contributed by atoms with van der Waals surface area (Å²) in [6.45, 7) is 4.04. The van der Waals surface area contributed by atoms with Crippen molar-refractivity contribution >= 4 is 16.6 Å². The third-order valence-electron chi connectivity index (χ3n) is 2.69. The fourth-order valence-electron chi connectivity index (χ4n) is 2.05. The van der Waals surface area contributed by atoms with Crippen molar-refractivity contribution in [2.24, 2.45) is 0 Å². The number of rotatable bonds is 3. The molecule has 0 aliphatic rings. The van der Waals surface area contributed by atoms with E-state index < -0.39 is 0 Å². The first-order valence-corrected chi connectivity index (χ1v) is 5.28. The fourth-order valence-corrected chi connectivity index (χ4v) is 2.05. The monoisotopic (exact) mass is 203 g/mol. The van der Waals surface area contributed by atoms with Crippen molar-refractivity contribution in [3.8, 4) is 0 Å². The highest BCUT2D eigenvalue weighted by molar-refractivity contribution is 5.84. The Hall–Kier alpha value is -1.48. The summed E-state index contributed by atoms with van der Waals surface area (Å²) in [5, 5.41) is 4.41. The average Bonchev–Trinajstić information content (AvgIpc) is 2.54. The molecule has 0 fully saturated rings. The van der Waals surface area contributed by atoms with Crippen LogP contribution in [0.5, 0.6) is 0 Å². The van der Waals surface area contributed by atoms with Crippen LogP contribution in [-0.4, -0.2) is 11.6 Å². The lowest BCUT2D eigenvalue weighted by Gasteiger charge is -2.06. The molecule has 15 heavy (non-hydrogen) atoms. The van der Waals surface area contributed by atoms with Crippen LogP contribution in [0.25, 0.3) is 10.9 Å². The Bertz CT molecular complexity index is 471. The van der Waals surface area contributed by atoms with Crippen LogP contribution in [0.4, 0.5) is 5.69 Å². The SMILES string of the molecule is CCn1c(CNC)cc2cc(N)ccc21. The van der Waals surface area contributed by atoms with Gasteiger partial charge < -0.3 is 15.6 Å². The smallest absolute Gasteiger partial charge is 0.0484 e. The zero-order valence-electron chi connectivity index (χ0n) is 9.25. The normalized spacial score (nSPS) is 11.1. The molecule has 1 aromatic heterocycles. The zero-order valence-corrected chi connectivity index (χ0v) is 9.25. The molecule has 2 aromatic rings. The number of nitrogens with two attached hydrogens (primary N) is 1. The molecule has 0 saturated carbocycles. The van der Waals surface area contributed by atoms with Crippen LogP contribution in [0.15, 0.2) is 24.3 Å². The van der Waals surface area contributed by atoms with Crippen LogP contribution >= 0.6 is 0 Å². The average molecular weight is 203 g/mol. The van der Waals surface area contributed by atoms with Gasteiger partial charge in [-0.1, -0.05) is 0 Å². The van der Waals surface area contributed by atoms with Gasteiger partial charge in [-0.25, -0.2) is 0 Å². The van der Waals surface area contributed by atoms with Crippen LogP contribution in [0, 0.1) is 0 Å². The van der Waals surface area contributed by atoms with Gasteiger partial charge in [0.25, 0.3) is 0 Å². The van der Waals surface area contributed by atoms with Gasteiger partial charge in [-0.15, -0.1) is 0 Å². The van der Waals surface area contributed by atoms with E-state index in [0.29, 0.717) is 0 Å². The Labute approximate surface area is 89.9 Å². The second kappa shape index (κ2) is 3.95. The molecular formula is C12H17N3. The van der Waals surface area contributed by atoms with Gasteiger partial charge in [-0.05, 0) is 38.2 Å². The van der Waals surface area contributed by atoms with Crippen molar-refractivity contribution < 1.29 is 0 Å². The summed E-state index contributed by atoms with van der Waals surface area (Å²) in [5.74, 6) is 0. The number of aromatic nitrogens is 1. The summed E-state index contributed by atoms with van der Waals surface area (Å²) in [7, 11) is 1.96. The maximum absolute atomic E-state index is 5.77. The molecule has 0 radical (unpaired) electrons. The topological polar surface area (TPSA) is 43.0 Å². The minimum absolute atomic E-state index is 0.826. The number of nitrogens with zero attached hydrogens (tertiary/aromatic N) is 1. The maximum Gasteiger partial charge on any atom is 0.0484 e. The maximum atomic E-state index is 5.77. The molecule has 0 atom stereocenters. The quantitative estimate of drug-likeness (QED) is 0.749. The highest BCUT2D eigenvalue weighted by atomic mass is 15.0. The van der Waals surface area contributed by atoms with Crippen LogP contribution in [0.3, 0.4) is 0 Å². The van der Waals surface area contributed by atoms with E-state index in [9.17, 15) is 0 Å². The van der Waals surface area contributed by atoms with Crippen molar-refractivity contribution in [3.05, 3.63) is 30.0 Å². The second-order valence-electron chi connectivity index (χ2n) is 3.73. The lowest BCUT2D eigenvalue weighted by molar-refractivity contribution is 0.692. The highest BCUT2D eigenvalue weighted by Crippen LogP contribution is 2.22. The molecule has 3 nitrogen and oxygen atoms in total. The van der Waals surface area contributed by atoms with Crippen LogP contribution in [-0.2, 0) is 13.1 Å². The van der Waals surface area contributed by atoms with E-state index in [1.807, 2.05) is 19.2 Å². The number of aryl methyl sites for hydroxylation is 1. The molecule has 0 spiro atoms. The van der Waals surface area contributed by atoms with E-state index in [-0.39, 0.29) is 0 Å². The third-order valence-corrected chi connectivity index (χ3v) is 2.69. The molecule has 0 saturated heterocycles. The Kier molecular flexibility index (Phi) is 2.64. The summed E-state index contributed by atoms with van der Waals surface area (Å²) in [4.78, 5) is 0. The number of anilines is 1. The fraction of sp³-hybridized carbons (Fsp3) is 0.333. The lowest BCUT2D eigenvalue weighted by Crippen LogP contribution is -2.10. The highest BCUT2D eigenvalue weighted by Gasteiger charge is 2.06. The largest absolute Gasteiger partial charge is 0.399 e. The Morgan fingerprint density at radius 2 is 2.13 bits per heavy atom. The summed E-state index contributed by atoms with van der Waals surface area (Å²) < 4.78 is 2.31. The van der Waals surface area contributed by atoms with Gasteiger partial charge in [0.05, 0.1) is 0 Å². The molecule has 0 bridgehead atoms. The molecule has 1 heterocycles. The minimum atomic E-state index is 0.826. The predicted molar refractivity (Wildman–Crippen MR) is 64.8 cm³/mol. The van der Waals surface area contributed by atoms with E-state index in [2.05, 4.69) is 28.9 Å². The molecule has 1 aromatic carbocycles. The molecule has 0 aliphatic carbocycles. The van der Waals surface area contributed by atoms with Gasteiger partial charge in [0.2, 0.25) is 0 Å². The zero-order chi connectivity index (χ0) is 10.8. The second-order valence-corrected chi connectivity index (χ2v) is 3.73. The number of hydrogen-bond donors (Lipinski definition) is 2. The van der Waals surface area contributed by atoms with E-state index in [0.717, 1.165) is 18.8 Å². The number of fused-ring (bicyclic) bond motifs is 1. The van der Waals surface area contributed by atoms with Crippen molar-refractivity contribution in [2.45, 2.75) is 20.0 Å². The van der Waals surface area contributed by atoms with Gasteiger partial charge in [0, 0.05) is 35.4 Å². The van der Waals surface area contributed by atoms with Gasteiger partial charge >= 0.3 is 0 Å². The van der Waals surface area contributed by atoms with Gasteiger partial charge in [0.15, 0.2) is 0 Å². The summed E-state index contributed by atoms with van der Waals surface area (Å²) >= 11 is 0. The molecule has 0 aliphatic heterocycles. The standard InChI is InChI=1S/C12H17N3/c1-3-15-11(8-14-2)7-9-6-10(13)4-5-12(9)15/h4-7,14H,3,8,13H2,1-2H3. The van der Waals surface area contributed by atoms with Gasteiger partial charge in [0.1, 0.15) is 0 Å².